The van der Waals surface area contributed by atoms with Crippen molar-refractivity contribution >= 4 is 99.4 Å². The molecule has 5 heteroatoms. The minimum atomic E-state index is -2.70. The number of hydrogen-bond donors (Lipinski definition) is 0. The molecule has 0 bridgehead atoms. The molecule has 59 heavy (non-hydrogen) atoms. The molecule has 0 aliphatic carbocycles. The summed E-state index contributed by atoms with van der Waals surface area (Å²) in [6, 6.07) is 93.6. The zero-order chi connectivity index (χ0) is 40.8. The van der Waals surface area contributed by atoms with E-state index < -0.39 is 52.3 Å². The zero-order valence-corrected chi connectivity index (χ0v) is 40.8. The van der Waals surface area contributed by atoms with Crippen molar-refractivity contribution in [1.29, 1.82) is 0 Å². The van der Waals surface area contributed by atoms with E-state index in [0.717, 1.165) is 0 Å². The van der Waals surface area contributed by atoms with E-state index in [1.165, 1.54) is 41.5 Å². The Labute approximate surface area is 365 Å². The average molecular weight is 941 g/mol. The standard InChI is InChI=1S/C54H52Si4Te/c1-55(45-29-13-5-14-30-45,46-31-15-6-16-32-46)53(56(2,47-33-17-7-18-34-47)48-35-19-8-20-36-48)59-54(57(3,49-37-21-9-22-38-49)50-39-23-10-24-40-50)58(4,51-41-25-11-26-42-51)52-43-27-12-28-44-52/h5-44H,1-4H3. The molecule has 290 valence electrons. The Balaban J connectivity index is 1.72. The van der Waals surface area contributed by atoms with Gasteiger partial charge in [0.1, 0.15) is 0 Å². The van der Waals surface area contributed by atoms with Crippen LogP contribution in [-0.2, 0) is 0 Å². The molecule has 0 N–H and O–H groups in total. The zero-order valence-electron chi connectivity index (χ0n) is 34.5. The third kappa shape index (κ3) is 7.62. The Morgan fingerprint density at radius 2 is 0.339 bits per heavy atom. The third-order valence-electron chi connectivity index (χ3n) is 12.8. The molecule has 8 rings (SSSR count). The molecule has 0 saturated carbocycles. The molecule has 0 atom stereocenters. The molecule has 0 saturated heterocycles. The molecular weight excluding hydrogens is 889 g/mol. The Morgan fingerprint density at radius 3 is 0.458 bits per heavy atom. The van der Waals surface area contributed by atoms with E-state index in [-0.39, 0.29) is 0 Å². The molecular formula is C54H52Si4Te. The molecule has 0 unspecified atom stereocenters. The molecule has 0 radical (unpaired) electrons. The topological polar surface area (TPSA) is 0 Å². The van der Waals surface area contributed by atoms with Crippen molar-refractivity contribution in [2.24, 2.45) is 0 Å². The fraction of sp³-hybridized carbons (Fsp3) is 0.0741. The second kappa shape index (κ2) is 17.8. The van der Waals surface area contributed by atoms with Crippen molar-refractivity contribution in [2.75, 3.05) is 0 Å². The van der Waals surface area contributed by atoms with Gasteiger partial charge in [-0.25, -0.2) is 0 Å². The first-order chi connectivity index (χ1) is 28.8. The molecule has 0 spiro atoms. The Bertz CT molecular complexity index is 2130. The van der Waals surface area contributed by atoms with E-state index >= 15 is 0 Å². The fourth-order valence-electron chi connectivity index (χ4n) is 9.40. The van der Waals surface area contributed by atoms with Crippen molar-refractivity contribution in [3.8, 4) is 0 Å². The van der Waals surface area contributed by atoms with Crippen LogP contribution in [0.5, 0.6) is 0 Å². The Hall–Kier alpha value is -4.84. The third-order valence-corrected chi connectivity index (χ3v) is 52.3. The SMILES string of the molecule is C[Si](C(=[Te]=C([Si](C)(c1ccccc1)c1ccccc1)[Si](C)(c1ccccc1)c1ccccc1)[Si](C)(c1ccccc1)c1ccccc1)(c1ccccc1)c1ccccc1. The molecule has 8 aromatic rings. The van der Waals surface area contributed by atoms with Crippen LogP contribution in [0, 0.1) is 0 Å². The van der Waals surface area contributed by atoms with Crippen LogP contribution in [0.25, 0.3) is 0 Å². The first kappa shape index (κ1) is 40.9. The van der Waals surface area contributed by atoms with E-state index in [4.69, 9.17) is 0 Å². The summed E-state index contributed by atoms with van der Waals surface area (Å²) in [5.41, 5.74) is 0. The summed E-state index contributed by atoms with van der Waals surface area (Å²) in [6.45, 7) is 10.9. The molecule has 0 aliphatic heterocycles. The maximum absolute atomic E-state index is 2.72. The molecule has 8 aromatic carbocycles. The molecule has 0 nitrogen and oxygen atoms in total. The van der Waals surface area contributed by atoms with Crippen LogP contribution in [0.4, 0.5) is 0 Å². The van der Waals surface area contributed by atoms with Gasteiger partial charge in [-0.2, -0.15) is 0 Å². The Kier molecular flexibility index (Phi) is 12.3. The van der Waals surface area contributed by atoms with E-state index in [9.17, 15) is 0 Å². The summed E-state index contributed by atoms with van der Waals surface area (Å²) in [6.07, 6.45) is 0. The quantitative estimate of drug-likeness (QED) is 0.119. The van der Waals surface area contributed by atoms with Gasteiger partial charge in [-0.05, 0) is 0 Å². The Morgan fingerprint density at radius 1 is 0.220 bits per heavy atom. The summed E-state index contributed by atoms with van der Waals surface area (Å²) in [5, 5.41) is 12.0. The van der Waals surface area contributed by atoms with Crippen LogP contribution in [-0.4, -0.2) is 57.9 Å². The summed E-state index contributed by atoms with van der Waals surface area (Å²) < 4.78 is 3.77. The van der Waals surface area contributed by atoms with Gasteiger partial charge in [0.2, 0.25) is 0 Å². The van der Waals surface area contributed by atoms with Crippen molar-refractivity contribution in [1.82, 2.24) is 0 Å². The summed E-state index contributed by atoms with van der Waals surface area (Å²) in [4.78, 5) is 0. The van der Waals surface area contributed by atoms with E-state index in [2.05, 4.69) is 269 Å². The van der Waals surface area contributed by atoms with Crippen LogP contribution in [0.15, 0.2) is 243 Å². The second-order valence-electron chi connectivity index (χ2n) is 16.2. The van der Waals surface area contributed by atoms with E-state index in [1.807, 2.05) is 5.59 Å². The van der Waals surface area contributed by atoms with Crippen LogP contribution < -0.4 is 41.5 Å². The van der Waals surface area contributed by atoms with Crippen LogP contribution in [0.1, 0.15) is 0 Å². The first-order valence-corrected chi connectivity index (χ1v) is 33.0. The summed E-state index contributed by atoms with van der Waals surface area (Å²) in [5.74, 6) is 0. The van der Waals surface area contributed by atoms with E-state index in [0.29, 0.717) is 0 Å². The second-order valence-corrected chi connectivity index (χ2v) is 40.2. The van der Waals surface area contributed by atoms with Gasteiger partial charge >= 0.3 is 368 Å². The van der Waals surface area contributed by atoms with Gasteiger partial charge in [0, 0.05) is 0 Å². The molecule has 0 aliphatic rings. The van der Waals surface area contributed by atoms with Crippen molar-refractivity contribution in [3.63, 3.8) is 0 Å². The van der Waals surface area contributed by atoms with Gasteiger partial charge in [-0.15, -0.1) is 0 Å². The van der Waals surface area contributed by atoms with Gasteiger partial charge in [-0.1, -0.05) is 0 Å². The predicted molar refractivity (Wildman–Crippen MR) is 271 cm³/mol. The summed E-state index contributed by atoms with van der Waals surface area (Å²) in [7, 11) is -10.8. The average Bonchev–Trinajstić information content (AvgIpc) is 3.33. The van der Waals surface area contributed by atoms with Crippen LogP contribution >= 0.6 is 0 Å². The fourth-order valence-corrected chi connectivity index (χ4v) is 53.1. The van der Waals surface area contributed by atoms with Crippen molar-refractivity contribution in [3.05, 3.63) is 243 Å². The monoisotopic (exact) mass is 942 g/mol. The maximum atomic E-state index is 2.72. The molecule has 0 aromatic heterocycles. The minimum absolute atomic E-state index is 1.11. The van der Waals surface area contributed by atoms with Crippen molar-refractivity contribution < 1.29 is 0 Å². The predicted octanol–water partition coefficient (Wildman–Crippen LogP) is 6.76. The van der Waals surface area contributed by atoms with Crippen molar-refractivity contribution in [2.45, 2.75) is 26.2 Å². The first-order valence-electron chi connectivity index (χ1n) is 20.7. The number of rotatable bonds is 12. The van der Waals surface area contributed by atoms with Gasteiger partial charge in [0.25, 0.3) is 0 Å². The number of benzene rings is 8. The molecule has 0 fully saturated rings. The number of hydrogen-bond acceptors (Lipinski definition) is 0. The van der Waals surface area contributed by atoms with Gasteiger partial charge in [-0.3, -0.25) is 0 Å². The molecule has 0 heterocycles. The summed E-state index contributed by atoms with van der Waals surface area (Å²) >= 11 is -1.11. The normalized spacial score (nSPS) is 12.1. The van der Waals surface area contributed by atoms with Crippen LogP contribution in [0.3, 0.4) is 0 Å². The van der Waals surface area contributed by atoms with Gasteiger partial charge in [0.05, 0.1) is 0 Å². The van der Waals surface area contributed by atoms with Gasteiger partial charge < -0.3 is 0 Å². The molecule has 0 amide bonds. The van der Waals surface area contributed by atoms with E-state index in [1.54, 1.807) is 0 Å². The van der Waals surface area contributed by atoms with Gasteiger partial charge in [0.15, 0.2) is 0 Å². The van der Waals surface area contributed by atoms with Crippen LogP contribution in [0.2, 0.25) is 26.2 Å².